The maximum Gasteiger partial charge on any atom is 0.124 e. The van der Waals surface area contributed by atoms with Crippen LogP contribution in [0.4, 0.5) is 5.82 Å². The van der Waals surface area contributed by atoms with E-state index in [4.69, 9.17) is 20.4 Å². The molecule has 4 aromatic rings. The number of morpholine rings is 1. The predicted molar refractivity (Wildman–Crippen MR) is 126 cm³/mol. The Balaban J connectivity index is 1.32. The van der Waals surface area contributed by atoms with Gasteiger partial charge in [0.2, 0.25) is 0 Å². The lowest BCUT2D eigenvalue weighted by atomic mass is 10.1. The van der Waals surface area contributed by atoms with Gasteiger partial charge in [-0.2, -0.15) is 0 Å². The molecule has 1 fully saturated rings. The third-order valence-electron chi connectivity index (χ3n) is 5.94. The predicted octanol–water partition coefficient (Wildman–Crippen LogP) is 4.23. The Hall–Kier alpha value is -3.29. The van der Waals surface area contributed by atoms with Gasteiger partial charge in [0, 0.05) is 42.7 Å². The molecule has 1 saturated heterocycles. The van der Waals surface area contributed by atoms with E-state index in [0.717, 1.165) is 47.8 Å². The fraction of sp³-hybridized carbons (Fsp3) is 0.320. The molecule has 4 heterocycles. The summed E-state index contributed by atoms with van der Waals surface area (Å²) >= 11 is 0. The highest BCUT2D eigenvalue weighted by Gasteiger charge is 2.25. The second kappa shape index (κ2) is 8.68. The van der Waals surface area contributed by atoms with Crippen LogP contribution in [0, 0.1) is 0 Å². The summed E-state index contributed by atoms with van der Waals surface area (Å²) in [6.07, 6.45) is 3.59. The molecule has 1 aliphatic rings. The topological polar surface area (TPSA) is 82.1 Å². The van der Waals surface area contributed by atoms with Gasteiger partial charge in [0.1, 0.15) is 17.7 Å². The number of ether oxygens (including phenoxy) is 1. The Labute approximate surface area is 187 Å². The Morgan fingerprint density at radius 2 is 1.81 bits per heavy atom. The molecule has 1 atom stereocenters. The molecular weight excluding hydrogens is 400 g/mol. The zero-order chi connectivity index (χ0) is 22.1. The fourth-order valence-corrected chi connectivity index (χ4v) is 4.35. The van der Waals surface area contributed by atoms with E-state index in [-0.39, 0.29) is 6.10 Å². The second-order valence-electron chi connectivity index (χ2n) is 8.52. The van der Waals surface area contributed by atoms with Crippen molar-refractivity contribution in [2.75, 3.05) is 25.4 Å². The number of benzene rings is 1. The molecular formula is C25H28N6O. The van der Waals surface area contributed by atoms with Gasteiger partial charge in [0.25, 0.3) is 0 Å². The van der Waals surface area contributed by atoms with Crippen LogP contribution in [0.1, 0.15) is 37.5 Å². The van der Waals surface area contributed by atoms with Crippen molar-refractivity contribution in [2.24, 2.45) is 0 Å². The van der Waals surface area contributed by atoms with Crippen LogP contribution >= 0.6 is 0 Å². The first kappa shape index (κ1) is 20.6. The lowest BCUT2D eigenvalue weighted by Crippen LogP contribution is -2.38. The van der Waals surface area contributed by atoms with E-state index in [2.05, 4.69) is 52.6 Å². The number of nitrogen functional groups attached to an aromatic ring is 1. The first-order valence-electron chi connectivity index (χ1n) is 11.1. The smallest absolute Gasteiger partial charge is 0.124 e. The summed E-state index contributed by atoms with van der Waals surface area (Å²) in [5.74, 6) is 1.61. The number of pyridine rings is 2. The molecule has 32 heavy (non-hydrogen) atoms. The third kappa shape index (κ3) is 4.09. The van der Waals surface area contributed by atoms with Gasteiger partial charge in [-0.3, -0.25) is 9.88 Å². The lowest BCUT2D eigenvalue weighted by Gasteiger charge is -2.32. The van der Waals surface area contributed by atoms with Gasteiger partial charge in [-0.25, -0.2) is 9.97 Å². The summed E-state index contributed by atoms with van der Waals surface area (Å²) < 4.78 is 8.41. The minimum atomic E-state index is -0.0563. The number of para-hydroxylation sites is 2. The lowest BCUT2D eigenvalue weighted by molar-refractivity contribution is -0.0360. The molecule has 5 rings (SSSR count). The minimum absolute atomic E-state index is 0.0563. The van der Waals surface area contributed by atoms with Crippen molar-refractivity contribution in [1.82, 2.24) is 24.4 Å². The zero-order valence-electron chi connectivity index (χ0n) is 18.5. The molecule has 0 saturated carbocycles. The molecule has 164 valence electrons. The Bertz CT molecular complexity index is 1200. The van der Waals surface area contributed by atoms with Crippen molar-refractivity contribution in [3.8, 4) is 11.1 Å². The molecule has 1 aromatic carbocycles. The Morgan fingerprint density at radius 1 is 1.03 bits per heavy atom. The Morgan fingerprint density at radius 3 is 2.53 bits per heavy atom. The minimum Gasteiger partial charge on any atom is -0.384 e. The zero-order valence-corrected chi connectivity index (χ0v) is 18.5. The summed E-state index contributed by atoms with van der Waals surface area (Å²) in [6, 6.07) is 16.6. The van der Waals surface area contributed by atoms with E-state index in [1.807, 2.05) is 24.4 Å². The van der Waals surface area contributed by atoms with Crippen molar-refractivity contribution in [3.05, 3.63) is 72.4 Å². The van der Waals surface area contributed by atoms with Crippen LogP contribution in [0.2, 0.25) is 0 Å². The maximum atomic E-state index is 6.07. The number of anilines is 1. The quantitative estimate of drug-likeness (QED) is 0.512. The first-order valence-corrected chi connectivity index (χ1v) is 11.1. The van der Waals surface area contributed by atoms with E-state index < -0.39 is 0 Å². The van der Waals surface area contributed by atoms with Crippen molar-refractivity contribution in [1.29, 1.82) is 0 Å². The molecule has 2 N–H and O–H groups in total. The molecule has 3 aromatic heterocycles. The van der Waals surface area contributed by atoms with E-state index in [9.17, 15) is 0 Å². The molecule has 0 amide bonds. The molecule has 1 aliphatic heterocycles. The molecule has 7 nitrogen and oxygen atoms in total. The van der Waals surface area contributed by atoms with Crippen molar-refractivity contribution in [2.45, 2.75) is 32.5 Å². The molecule has 0 spiro atoms. The van der Waals surface area contributed by atoms with E-state index in [1.54, 1.807) is 12.3 Å². The summed E-state index contributed by atoms with van der Waals surface area (Å²) in [5, 5.41) is 0. The van der Waals surface area contributed by atoms with Gasteiger partial charge in [-0.05, 0) is 44.2 Å². The average Bonchev–Trinajstić information content (AvgIpc) is 3.18. The number of nitrogens with zero attached hydrogens (tertiary/aromatic N) is 5. The third-order valence-corrected chi connectivity index (χ3v) is 5.94. The maximum absolute atomic E-state index is 6.07. The van der Waals surface area contributed by atoms with Crippen LogP contribution in [-0.2, 0) is 11.3 Å². The van der Waals surface area contributed by atoms with E-state index in [0.29, 0.717) is 18.5 Å². The van der Waals surface area contributed by atoms with E-state index >= 15 is 0 Å². The number of hydrogen-bond donors (Lipinski definition) is 1. The molecule has 0 aliphatic carbocycles. The SMILES string of the molecule is CC(C)n1c(CN2CCOC(c3ccc(-c4ccc(N)nc4)cn3)C2)nc2ccccc21. The summed E-state index contributed by atoms with van der Waals surface area (Å²) in [6.45, 7) is 7.56. The van der Waals surface area contributed by atoms with Crippen molar-refractivity contribution < 1.29 is 4.74 Å². The van der Waals surface area contributed by atoms with Gasteiger partial charge in [0.15, 0.2) is 0 Å². The second-order valence-corrected chi connectivity index (χ2v) is 8.52. The standard InChI is InChI=1S/C25H28N6O/c1-17(2)31-22-6-4-3-5-20(22)29-25(31)16-30-11-12-32-23(15-30)21-9-7-18(13-27-21)19-8-10-24(26)28-14-19/h3-10,13-14,17,23H,11-12,15-16H2,1-2H3,(H2,26,28). The average molecular weight is 429 g/mol. The summed E-state index contributed by atoms with van der Waals surface area (Å²) in [5.41, 5.74) is 10.9. The van der Waals surface area contributed by atoms with Crippen LogP contribution in [-0.4, -0.2) is 44.1 Å². The summed E-state index contributed by atoms with van der Waals surface area (Å²) in [7, 11) is 0. The molecule has 0 bridgehead atoms. The van der Waals surface area contributed by atoms with E-state index in [1.165, 1.54) is 5.52 Å². The molecule has 0 radical (unpaired) electrons. The number of imidazole rings is 1. The largest absolute Gasteiger partial charge is 0.384 e. The number of hydrogen-bond acceptors (Lipinski definition) is 6. The van der Waals surface area contributed by atoms with Gasteiger partial charge in [-0.1, -0.05) is 18.2 Å². The van der Waals surface area contributed by atoms with Gasteiger partial charge >= 0.3 is 0 Å². The van der Waals surface area contributed by atoms with Gasteiger partial charge in [0.05, 0.1) is 29.9 Å². The highest BCUT2D eigenvalue weighted by molar-refractivity contribution is 5.76. The fourth-order valence-electron chi connectivity index (χ4n) is 4.35. The number of rotatable bonds is 5. The summed E-state index contributed by atoms with van der Waals surface area (Å²) in [4.78, 5) is 16.2. The van der Waals surface area contributed by atoms with Crippen LogP contribution < -0.4 is 5.73 Å². The van der Waals surface area contributed by atoms with Crippen molar-refractivity contribution >= 4 is 16.9 Å². The number of aromatic nitrogens is 4. The van der Waals surface area contributed by atoms with Gasteiger partial charge in [-0.15, -0.1) is 0 Å². The first-order chi connectivity index (χ1) is 15.6. The van der Waals surface area contributed by atoms with Gasteiger partial charge < -0.3 is 15.0 Å². The Kier molecular flexibility index (Phi) is 5.59. The molecule has 7 heteroatoms. The highest BCUT2D eigenvalue weighted by atomic mass is 16.5. The monoisotopic (exact) mass is 428 g/mol. The highest BCUT2D eigenvalue weighted by Crippen LogP contribution is 2.26. The van der Waals surface area contributed by atoms with Crippen molar-refractivity contribution in [3.63, 3.8) is 0 Å². The number of nitrogens with two attached hydrogens (primary N) is 1. The normalized spacial score (nSPS) is 17.3. The van der Waals surface area contributed by atoms with Crippen LogP contribution in [0.3, 0.4) is 0 Å². The van der Waals surface area contributed by atoms with Crippen LogP contribution in [0.5, 0.6) is 0 Å². The van der Waals surface area contributed by atoms with Crippen LogP contribution in [0.25, 0.3) is 22.2 Å². The van der Waals surface area contributed by atoms with Crippen LogP contribution in [0.15, 0.2) is 60.9 Å². The molecule has 1 unspecified atom stereocenters. The number of fused-ring (bicyclic) bond motifs is 1.